The quantitative estimate of drug-likeness (QED) is 0.327. The minimum absolute atomic E-state index is 0.193. The van der Waals surface area contributed by atoms with Gasteiger partial charge in [0, 0.05) is 5.56 Å². The van der Waals surface area contributed by atoms with Crippen LogP contribution in [0, 0.1) is 0 Å². The van der Waals surface area contributed by atoms with Crippen LogP contribution >= 0.6 is 11.3 Å². The Bertz CT molecular complexity index is 1800. The number of nitrogens with zero attached hydrogens (tertiary/aromatic N) is 2. The number of esters is 1. The van der Waals surface area contributed by atoms with Gasteiger partial charge in [-0.25, -0.2) is 9.79 Å². The first-order valence-corrected chi connectivity index (χ1v) is 13.2. The molecule has 2 heterocycles. The first-order valence-electron chi connectivity index (χ1n) is 12.4. The molecule has 4 aromatic rings. The molecule has 0 spiro atoms. The van der Waals surface area contributed by atoms with Crippen molar-refractivity contribution in [2.75, 3.05) is 27.9 Å². The van der Waals surface area contributed by atoms with E-state index < -0.39 is 12.0 Å². The summed E-state index contributed by atoms with van der Waals surface area (Å²) < 4.78 is 24.0. The van der Waals surface area contributed by atoms with Crippen molar-refractivity contribution in [1.82, 2.24) is 4.57 Å². The van der Waals surface area contributed by atoms with Crippen LogP contribution in [-0.4, -0.2) is 38.5 Å². The number of thiazole rings is 1. The highest BCUT2D eigenvalue weighted by atomic mass is 32.1. The molecular weight excluding hydrogens is 516 g/mol. The molecule has 0 fully saturated rings. The molecule has 8 nitrogen and oxygen atoms in total. The molecule has 0 amide bonds. The Hall–Kier alpha value is -4.37. The SMILES string of the molecule is CCOC(=O)C1=C(C)N=c2s/c(=C\c3ccc(OC)c(OC)c3)c(=O)n2C1c1c(OC)ccc2ccccc12. The summed E-state index contributed by atoms with van der Waals surface area (Å²) in [4.78, 5) is 32.6. The highest BCUT2D eigenvalue weighted by Crippen LogP contribution is 2.40. The van der Waals surface area contributed by atoms with Gasteiger partial charge in [0.25, 0.3) is 5.56 Å². The summed E-state index contributed by atoms with van der Waals surface area (Å²) in [5.41, 5.74) is 1.98. The van der Waals surface area contributed by atoms with Gasteiger partial charge in [-0.2, -0.15) is 0 Å². The molecule has 0 aliphatic carbocycles. The maximum atomic E-state index is 14.1. The standard InChI is InChI=1S/C30H28N2O6S/c1-6-38-29(34)25-17(2)31-30-32(27(25)26-20-10-8-7-9-19(20)12-14-22(26)36-4)28(33)24(39-30)16-18-11-13-21(35-3)23(15-18)37-5/h7-16,27H,6H2,1-5H3/b24-16-. The third-order valence-electron chi connectivity index (χ3n) is 6.65. The van der Waals surface area contributed by atoms with E-state index in [4.69, 9.17) is 18.9 Å². The van der Waals surface area contributed by atoms with E-state index in [0.717, 1.165) is 16.3 Å². The third kappa shape index (κ3) is 4.59. The average Bonchev–Trinajstić information content (AvgIpc) is 3.25. The number of hydrogen-bond donors (Lipinski definition) is 0. The van der Waals surface area contributed by atoms with Gasteiger partial charge in [-0.1, -0.05) is 47.7 Å². The number of benzene rings is 3. The number of hydrogen-bond acceptors (Lipinski definition) is 8. The summed E-state index contributed by atoms with van der Waals surface area (Å²) in [5.74, 6) is 1.18. The molecule has 1 atom stereocenters. The summed E-state index contributed by atoms with van der Waals surface area (Å²) in [6.45, 7) is 3.71. The molecule has 0 radical (unpaired) electrons. The molecule has 1 unspecified atom stereocenters. The van der Waals surface area contributed by atoms with E-state index in [-0.39, 0.29) is 12.2 Å². The lowest BCUT2D eigenvalue weighted by Gasteiger charge is -2.27. The van der Waals surface area contributed by atoms with Crippen LogP contribution < -0.4 is 29.1 Å². The zero-order valence-corrected chi connectivity index (χ0v) is 23.1. The molecule has 9 heteroatoms. The van der Waals surface area contributed by atoms with E-state index in [1.807, 2.05) is 42.5 Å². The van der Waals surface area contributed by atoms with E-state index in [1.54, 1.807) is 58.0 Å². The number of fused-ring (bicyclic) bond motifs is 2. The largest absolute Gasteiger partial charge is 0.496 e. The Balaban J connectivity index is 1.81. The Kier molecular flexibility index (Phi) is 7.26. The maximum Gasteiger partial charge on any atom is 0.338 e. The van der Waals surface area contributed by atoms with Crippen molar-refractivity contribution in [3.05, 3.63) is 96.7 Å². The van der Waals surface area contributed by atoms with Crippen molar-refractivity contribution in [3.63, 3.8) is 0 Å². The Morgan fingerprint density at radius 2 is 1.72 bits per heavy atom. The van der Waals surface area contributed by atoms with Gasteiger partial charge in [-0.3, -0.25) is 9.36 Å². The fourth-order valence-electron chi connectivity index (χ4n) is 4.89. The van der Waals surface area contributed by atoms with Gasteiger partial charge in [-0.15, -0.1) is 0 Å². The second-order valence-electron chi connectivity index (χ2n) is 8.82. The number of ether oxygens (including phenoxy) is 4. The van der Waals surface area contributed by atoms with Crippen LogP contribution in [-0.2, 0) is 9.53 Å². The van der Waals surface area contributed by atoms with E-state index in [9.17, 15) is 9.59 Å². The van der Waals surface area contributed by atoms with Gasteiger partial charge in [0.05, 0.1) is 43.7 Å². The lowest BCUT2D eigenvalue weighted by Crippen LogP contribution is -2.40. The van der Waals surface area contributed by atoms with Gasteiger partial charge < -0.3 is 18.9 Å². The molecule has 1 aliphatic heterocycles. The second-order valence-corrected chi connectivity index (χ2v) is 9.83. The average molecular weight is 545 g/mol. The number of rotatable bonds is 7. The molecule has 3 aromatic carbocycles. The van der Waals surface area contributed by atoms with Gasteiger partial charge in [0.15, 0.2) is 16.3 Å². The van der Waals surface area contributed by atoms with Crippen LogP contribution in [0.25, 0.3) is 16.8 Å². The van der Waals surface area contributed by atoms with Gasteiger partial charge in [-0.05, 0) is 54.5 Å². The molecule has 200 valence electrons. The summed E-state index contributed by atoms with van der Waals surface area (Å²) in [7, 11) is 4.71. The molecular formula is C30H28N2O6S. The molecule has 0 bridgehead atoms. The van der Waals surface area contributed by atoms with Crippen LogP contribution in [0.5, 0.6) is 17.2 Å². The molecule has 1 aliphatic rings. The monoisotopic (exact) mass is 544 g/mol. The summed E-state index contributed by atoms with van der Waals surface area (Å²) >= 11 is 1.26. The smallest absolute Gasteiger partial charge is 0.338 e. The van der Waals surface area contributed by atoms with Crippen LogP contribution in [0.4, 0.5) is 0 Å². The Morgan fingerprint density at radius 1 is 1.00 bits per heavy atom. The van der Waals surface area contributed by atoms with E-state index in [0.29, 0.717) is 43.4 Å². The topological polar surface area (TPSA) is 88.4 Å². The normalized spacial score (nSPS) is 15.1. The molecule has 1 aromatic heterocycles. The number of methoxy groups -OCH3 is 3. The second kappa shape index (κ2) is 10.8. The Morgan fingerprint density at radius 3 is 2.44 bits per heavy atom. The maximum absolute atomic E-state index is 14.1. The minimum Gasteiger partial charge on any atom is -0.496 e. The Labute approximate surface area is 229 Å². The van der Waals surface area contributed by atoms with Crippen molar-refractivity contribution >= 4 is 34.2 Å². The van der Waals surface area contributed by atoms with Crippen molar-refractivity contribution in [3.8, 4) is 17.2 Å². The number of allylic oxidation sites excluding steroid dienone is 1. The van der Waals surface area contributed by atoms with Crippen molar-refractivity contribution in [2.45, 2.75) is 19.9 Å². The van der Waals surface area contributed by atoms with Gasteiger partial charge in [0.1, 0.15) is 11.8 Å². The molecule has 0 N–H and O–H groups in total. The zero-order valence-electron chi connectivity index (χ0n) is 22.3. The number of aromatic nitrogens is 1. The van der Waals surface area contributed by atoms with Crippen molar-refractivity contribution in [2.24, 2.45) is 4.99 Å². The minimum atomic E-state index is -0.797. The number of carbonyl (C=O) groups excluding carboxylic acids is 1. The highest BCUT2D eigenvalue weighted by Gasteiger charge is 2.36. The van der Waals surface area contributed by atoms with Crippen LogP contribution in [0.15, 0.2) is 75.7 Å². The zero-order chi connectivity index (χ0) is 27.7. The first kappa shape index (κ1) is 26.2. The van der Waals surface area contributed by atoms with Crippen LogP contribution in [0.3, 0.4) is 0 Å². The lowest BCUT2D eigenvalue weighted by atomic mass is 9.90. The highest BCUT2D eigenvalue weighted by molar-refractivity contribution is 7.07. The molecule has 5 rings (SSSR count). The molecule has 0 saturated carbocycles. The number of carbonyl (C=O) groups is 1. The van der Waals surface area contributed by atoms with Gasteiger partial charge in [0.2, 0.25) is 0 Å². The van der Waals surface area contributed by atoms with E-state index in [1.165, 1.54) is 11.3 Å². The van der Waals surface area contributed by atoms with Crippen LogP contribution in [0.2, 0.25) is 0 Å². The third-order valence-corrected chi connectivity index (χ3v) is 7.63. The summed E-state index contributed by atoms with van der Waals surface area (Å²) in [6.07, 6.45) is 1.78. The first-order chi connectivity index (χ1) is 18.9. The fraction of sp³-hybridized carbons (Fsp3) is 0.233. The fourth-order valence-corrected chi connectivity index (χ4v) is 5.94. The van der Waals surface area contributed by atoms with Gasteiger partial charge >= 0.3 is 5.97 Å². The van der Waals surface area contributed by atoms with Crippen molar-refractivity contribution in [1.29, 1.82) is 0 Å². The van der Waals surface area contributed by atoms with E-state index >= 15 is 0 Å². The van der Waals surface area contributed by atoms with E-state index in [2.05, 4.69) is 4.99 Å². The predicted octanol–water partition coefficient (Wildman–Crippen LogP) is 3.98. The van der Waals surface area contributed by atoms with Crippen molar-refractivity contribution < 1.29 is 23.7 Å². The molecule has 39 heavy (non-hydrogen) atoms. The summed E-state index contributed by atoms with van der Waals surface area (Å²) in [5, 5.41) is 1.83. The lowest BCUT2D eigenvalue weighted by molar-refractivity contribution is -0.139. The summed E-state index contributed by atoms with van der Waals surface area (Å²) in [6, 6.07) is 16.3. The molecule has 0 saturated heterocycles. The predicted molar refractivity (Wildman–Crippen MR) is 150 cm³/mol. The van der Waals surface area contributed by atoms with Crippen LogP contribution in [0.1, 0.15) is 31.0 Å².